The van der Waals surface area contributed by atoms with E-state index in [1.54, 1.807) is 12.1 Å². The highest BCUT2D eigenvalue weighted by Crippen LogP contribution is 2.37. The highest BCUT2D eigenvalue weighted by Gasteiger charge is 2.21. The molecule has 2 aliphatic heterocycles. The normalized spacial score (nSPS) is 13.9. The summed E-state index contributed by atoms with van der Waals surface area (Å²) in [5.41, 5.74) is 8.79. The molecule has 0 aromatic heterocycles. The number of fused-ring (bicyclic) bond motifs is 3. The monoisotopic (exact) mass is 584 g/mol. The molecule has 0 bridgehead atoms. The van der Waals surface area contributed by atoms with Crippen LogP contribution in [0, 0.1) is 0 Å². The number of hydrogen-bond donors (Lipinski definition) is 1. The van der Waals surface area contributed by atoms with Crippen LogP contribution in [-0.2, 0) is 17.6 Å². The van der Waals surface area contributed by atoms with Gasteiger partial charge in [0.1, 0.15) is 6.54 Å². The summed E-state index contributed by atoms with van der Waals surface area (Å²) in [6, 6.07) is 30.2. The van der Waals surface area contributed by atoms with Crippen molar-refractivity contribution in [2.45, 2.75) is 19.3 Å². The van der Waals surface area contributed by atoms with Crippen LogP contribution in [0.5, 0.6) is 0 Å². The number of carbonyl (C=O) groups excluding carboxylic acids is 1. The van der Waals surface area contributed by atoms with Crippen LogP contribution in [0.3, 0.4) is 0 Å². The van der Waals surface area contributed by atoms with Gasteiger partial charge in [0.25, 0.3) is 0 Å². The minimum atomic E-state index is -0.116. The van der Waals surface area contributed by atoms with E-state index >= 15 is 0 Å². The topological polar surface area (TPSA) is 47.9 Å². The average molecular weight is 586 g/mol. The van der Waals surface area contributed by atoms with Crippen LogP contribution in [0.1, 0.15) is 28.7 Å². The van der Waals surface area contributed by atoms with Crippen molar-refractivity contribution >= 4 is 51.9 Å². The number of nitrogens with one attached hydrogen (secondary N) is 1. The standard InChI is InChI=1S/C19H23ClN2.C15H11ClN2O/c1-21(2)12-5-13-22-18-7-4-3-6-15(18)8-9-16-10-11-17(20)14-19(16)22;16-11-6-7-13-12(8-11)15(17-9-14(19)18-13)10-4-2-1-3-5-10/h3-4,6-7,10-11,14H,5,8-9,12-13H2,1-2H3;1-8H,9H2,(H,18,19). The van der Waals surface area contributed by atoms with E-state index in [9.17, 15) is 4.79 Å². The molecule has 0 unspecified atom stereocenters. The number of aliphatic imine (C=N–C) groups is 1. The first kappa shape index (κ1) is 28.9. The second-order valence-corrected chi connectivity index (χ2v) is 11.4. The van der Waals surface area contributed by atoms with E-state index < -0.39 is 0 Å². The number of aryl methyl sites for hydroxylation is 2. The lowest BCUT2D eigenvalue weighted by Gasteiger charge is -2.27. The van der Waals surface area contributed by atoms with Gasteiger partial charge in [-0.1, -0.05) is 77.8 Å². The Morgan fingerprint density at radius 1 is 0.829 bits per heavy atom. The Balaban J connectivity index is 0.000000166. The minimum Gasteiger partial charge on any atom is -0.341 e. The SMILES string of the molecule is CN(C)CCCN1c2ccccc2CCc2ccc(Cl)cc21.O=C1CN=C(c2ccccc2)c2cc(Cl)ccc2N1. The summed E-state index contributed by atoms with van der Waals surface area (Å²) in [7, 11) is 4.25. The van der Waals surface area contributed by atoms with E-state index in [-0.39, 0.29) is 12.5 Å². The third-order valence-corrected chi connectivity index (χ3v) is 7.68. The average Bonchev–Trinajstić information content (AvgIpc) is 3.23. The maximum Gasteiger partial charge on any atom is 0.246 e. The molecular weight excluding hydrogens is 551 g/mol. The molecule has 210 valence electrons. The Kier molecular flexibility index (Phi) is 9.40. The number of halogens is 2. The van der Waals surface area contributed by atoms with Crippen LogP contribution in [0.4, 0.5) is 17.1 Å². The van der Waals surface area contributed by atoms with Crippen molar-refractivity contribution < 1.29 is 4.79 Å². The summed E-state index contributed by atoms with van der Waals surface area (Å²) >= 11 is 12.3. The molecule has 4 aromatic rings. The fourth-order valence-corrected chi connectivity index (χ4v) is 5.60. The Morgan fingerprint density at radius 2 is 1.51 bits per heavy atom. The Morgan fingerprint density at radius 3 is 2.29 bits per heavy atom. The number of hydrogen-bond acceptors (Lipinski definition) is 4. The molecule has 2 heterocycles. The highest BCUT2D eigenvalue weighted by atomic mass is 35.5. The zero-order valence-corrected chi connectivity index (χ0v) is 24.9. The van der Waals surface area contributed by atoms with Crippen molar-refractivity contribution in [2.24, 2.45) is 4.99 Å². The van der Waals surface area contributed by atoms with Crippen molar-refractivity contribution in [1.29, 1.82) is 0 Å². The molecule has 41 heavy (non-hydrogen) atoms. The number of rotatable bonds is 5. The number of benzodiazepines with no additional fused rings is 1. The Bertz CT molecular complexity index is 1550. The smallest absolute Gasteiger partial charge is 0.246 e. The van der Waals surface area contributed by atoms with E-state index in [4.69, 9.17) is 23.2 Å². The lowest BCUT2D eigenvalue weighted by molar-refractivity contribution is -0.114. The van der Waals surface area contributed by atoms with Gasteiger partial charge in [-0.05, 0) is 87.4 Å². The summed E-state index contributed by atoms with van der Waals surface area (Å²) < 4.78 is 0. The molecular formula is C34H34Cl2N4O. The number of nitrogens with zero attached hydrogens (tertiary/aromatic N) is 3. The maximum absolute atomic E-state index is 11.7. The van der Waals surface area contributed by atoms with Crippen molar-refractivity contribution in [3.8, 4) is 0 Å². The first-order chi connectivity index (χ1) is 19.9. The highest BCUT2D eigenvalue weighted by molar-refractivity contribution is 6.32. The Hall–Kier alpha value is -3.64. The van der Waals surface area contributed by atoms with Gasteiger partial charge in [-0.15, -0.1) is 0 Å². The molecule has 0 spiro atoms. The van der Waals surface area contributed by atoms with Gasteiger partial charge in [0.15, 0.2) is 0 Å². The van der Waals surface area contributed by atoms with Gasteiger partial charge >= 0.3 is 0 Å². The lowest BCUT2D eigenvalue weighted by Crippen LogP contribution is -2.24. The third kappa shape index (κ3) is 7.17. The van der Waals surface area contributed by atoms with Crippen LogP contribution in [0.15, 0.2) is 96.0 Å². The molecule has 1 amide bonds. The van der Waals surface area contributed by atoms with Crippen molar-refractivity contribution in [3.63, 3.8) is 0 Å². The predicted molar refractivity (Wildman–Crippen MR) is 173 cm³/mol. The quantitative estimate of drug-likeness (QED) is 0.262. The van der Waals surface area contributed by atoms with Crippen LogP contribution < -0.4 is 10.2 Å². The van der Waals surface area contributed by atoms with Gasteiger partial charge in [0, 0.05) is 39.1 Å². The van der Waals surface area contributed by atoms with Crippen molar-refractivity contribution in [1.82, 2.24) is 4.90 Å². The largest absolute Gasteiger partial charge is 0.341 e. The molecule has 0 aliphatic carbocycles. The molecule has 0 atom stereocenters. The molecule has 6 rings (SSSR count). The van der Waals surface area contributed by atoms with Crippen LogP contribution >= 0.6 is 23.2 Å². The van der Waals surface area contributed by atoms with Gasteiger partial charge in [-0.25, -0.2) is 0 Å². The molecule has 1 N–H and O–H groups in total. The second-order valence-electron chi connectivity index (χ2n) is 10.5. The van der Waals surface area contributed by atoms with Crippen LogP contribution in [0.25, 0.3) is 0 Å². The van der Waals surface area contributed by atoms with E-state index in [0.29, 0.717) is 5.02 Å². The zero-order valence-electron chi connectivity index (χ0n) is 23.4. The van der Waals surface area contributed by atoms with E-state index in [0.717, 1.165) is 59.9 Å². The zero-order chi connectivity index (χ0) is 28.8. The summed E-state index contributed by atoms with van der Waals surface area (Å²) in [4.78, 5) is 20.7. The maximum atomic E-state index is 11.7. The molecule has 2 aliphatic rings. The summed E-state index contributed by atoms with van der Waals surface area (Å²) in [5, 5.41) is 4.28. The molecule has 5 nitrogen and oxygen atoms in total. The van der Waals surface area contributed by atoms with Crippen molar-refractivity contribution in [2.75, 3.05) is 43.9 Å². The number of anilines is 3. The van der Waals surface area contributed by atoms with Gasteiger partial charge in [0.2, 0.25) is 5.91 Å². The second kappa shape index (κ2) is 13.3. The summed E-state index contributed by atoms with van der Waals surface area (Å²) in [6.45, 7) is 2.23. The third-order valence-electron chi connectivity index (χ3n) is 7.21. The lowest BCUT2D eigenvalue weighted by atomic mass is 10.0. The summed E-state index contributed by atoms with van der Waals surface area (Å²) in [5.74, 6) is -0.116. The number of carbonyl (C=O) groups is 1. The fourth-order valence-electron chi connectivity index (χ4n) is 5.26. The first-order valence-corrected chi connectivity index (χ1v) is 14.6. The van der Waals surface area contributed by atoms with E-state index in [1.165, 1.54) is 22.5 Å². The van der Waals surface area contributed by atoms with E-state index in [1.807, 2.05) is 42.5 Å². The predicted octanol–water partition coefficient (Wildman–Crippen LogP) is 7.66. The number of benzene rings is 4. The van der Waals surface area contributed by atoms with Gasteiger partial charge in [0.05, 0.1) is 11.4 Å². The minimum absolute atomic E-state index is 0.116. The number of amides is 1. The fraction of sp³-hybridized carbons (Fsp3) is 0.235. The molecule has 0 fully saturated rings. The summed E-state index contributed by atoms with van der Waals surface area (Å²) in [6.07, 6.45) is 3.30. The van der Waals surface area contributed by atoms with Gasteiger partial charge in [-0.2, -0.15) is 0 Å². The van der Waals surface area contributed by atoms with Crippen LogP contribution in [-0.4, -0.2) is 50.2 Å². The van der Waals surface area contributed by atoms with Gasteiger partial charge < -0.3 is 15.1 Å². The molecule has 4 aromatic carbocycles. The Labute approximate surface area is 252 Å². The van der Waals surface area contributed by atoms with E-state index in [2.05, 4.69) is 70.6 Å². The molecule has 0 radical (unpaired) electrons. The van der Waals surface area contributed by atoms with Gasteiger partial charge in [-0.3, -0.25) is 9.79 Å². The van der Waals surface area contributed by atoms with Crippen LogP contribution in [0.2, 0.25) is 10.0 Å². The van der Waals surface area contributed by atoms with Crippen molar-refractivity contribution in [3.05, 3.63) is 123 Å². The molecule has 0 saturated carbocycles. The first-order valence-electron chi connectivity index (χ1n) is 13.9. The molecule has 7 heteroatoms. The molecule has 0 saturated heterocycles. The number of para-hydroxylation sites is 1.